The molecule has 10 nitrogen and oxygen atoms in total. The van der Waals surface area contributed by atoms with Gasteiger partial charge in [0, 0.05) is 50.6 Å². The quantitative estimate of drug-likeness (QED) is 0.270. The van der Waals surface area contributed by atoms with Gasteiger partial charge >= 0.3 is 0 Å². The van der Waals surface area contributed by atoms with Crippen LogP contribution in [0.3, 0.4) is 0 Å². The van der Waals surface area contributed by atoms with Gasteiger partial charge in [0.1, 0.15) is 22.9 Å². The average Bonchev–Trinajstić information content (AvgIpc) is 3.60. The first-order valence-electron chi connectivity index (χ1n) is 16.5. The van der Waals surface area contributed by atoms with Gasteiger partial charge in [-0.3, -0.25) is 19.4 Å². The summed E-state index contributed by atoms with van der Waals surface area (Å²) in [6.07, 6.45) is 11.3. The molecule has 2 heterocycles. The highest BCUT2D eigenvalue weighted by atomic mass is 16.5. The third-order valence-electron chi connectivity index (χ3n) is 10.6. The maximum absolute atomic E-state index is 14.0. The number of anilines is 2. The number of ketones is 2. The molecular weight excluding hydrogens is 560 g/mol. The molecule has 0 unspecified atom stereocenters. The van der Waals surface area contributed by atoms with E-state index in [1.165, 1.54) is 50.7 Å². The molecule has 3 aliphatic carbocycles. The predicted molar refractivity (Wildman–Crippen MR) is 167 cm³/mol. The van der Waals surface area contributed by atoms with Gasteiger partial charge in [0.25, 0.3) is 0 Å². The van der Waals surface area contributed by atoms with Crippen LogP contribution in [0.4, 0.5) is 11.4 Å². The van der Waals surface area contributed by atoms with Crippen LogP contribution in [-0.2, 0) is 9.47 Å². The van der Waals surface area contributed by atoms with Crippen LogP contribution in [0.2, 0.25) is 0 Å². The second-order valence-corrected chi connectivity index (χ2v) is 13.0. The van der Waals surface area contributed by atoms with Crippen LogP contribution in [0.5, 0.6) is 11.5 Å². The van der Waals surface area contributed by atoms with E-state index >= 15 is 0 Å². The predicted octanol–water partition coefficient (Wildman–Crippen LogP) is 4.68. The van der Waals surface area contributed by atoms with Gasteiger partial charge in [-0.15, -0.1) is 0 Å². The van der Waals surface area contributed by atoms with Crippen LogP contribution in [0.25, 0.3) is 0 Å². The Kier molecular flexibility index (Phi) is 8.03. The van der Waals surface area contributed by atoms with Crippen molar-refractivity contribution < 1.29 is 29.3 Å². The van der Waals surface area contributed by atoms with Gasteiger partial charge < -0.3 is 30.3 Å². The second-order valence-electron chi connectivity index (χ2n) is 13.0. The lowest BCUT2D eigenvalue weighted by Gasteiger charge is -2.40. The van der Waals surface area contributed by atoms with Gasteiger partial charge in [0.2, 0.25) is 11.6 Å². The fraction of sp³-hybridized carbons (Fsp3) is 0.588. The number of phenolic OH excluding ortho intramolecular Hbond substituents is 2. The summed E-state index contributed by atoms with van der Waals surface area (Å²) >= 11 is 0. The zero-order valence-electron chi connectivity index (χ0n) is 25.5. The van der Waals surface area contributed by atoms with Gasteiger partial charge in [-0.1, -0.05) is 12.8 Å². The molecule has 4 N–H and O–H groups in total. The molecule has 4 fully saturated rings. The Hall–Kier alpha value is -3.18. The van der Waals surface area contributed by atoms with Gasteiger partial charge in [0.05, 0.1) is 35.5 Å². The van der Waals surface area contributed by atoms with Gasteiger partial charge in [-0.25, -0.2) is 0 Å². The molecule has 2 spiro atoms. The summed E-state index contributed by atoms with van der Waals surface area (Å²) in [4.78, 5) is 32.8. The van der Waals surface area contributed by atoms with E-state index in [1.807, 2.05) is 12.1 Å². The normalized spacial score (nSPS) is 22.8. The first-order valence-corrected chi connectivity index (χ1v) is 16.5. The van der Waals surface area contributed by atoms with Crippen molar-refractivity contribution in [1.29, 1.82) is 0 Å². The number of nitrogens with zero attached hydrogens (tertiary/aromatic N) is 2. The molecule has 44 heavy (non-hydrogen) atoms. The maximum atomic E-state index is 14.0. The Bertz CT molecular complexity index is 1330. The summed E-state index contributed by atoms with van der Waals surface area (Å²) in [5, 5.41) is 28.2. The summed E-state index contributed by atoms with van der Waals surface area (Å²) in [5.41, 5.74) is 0.887. The SMILES string of the molecule is O=C1c2c(O)ccc(O)c2C(=O)c2c(NCCN3CCOC34CCCCC4)ccc(NCCN3CCOC34CCCCC4)c21. The van der Waals surface area contributed by atoms with Crippen LogP contribution in [0.1, 0.15) is 96.1 Å². The molecule has 0 radical (unpaired) electrons. The first-order chi connectivity index (χ1) is 21.4. The Morgan fingerprint density at radius 1 is 0.614 bits per heavy atom. The van der Waals surface area contributed by atoms with Crippen molar-refractivity contribution in [1.82, 2.24) is 9.80 Å². The van der Waals surface area contributed by atoms with E-state index in [0.29, 0.717) is 24.5 Å². The Balaban J connectivity index is 1.14. The van der Waals surface area contributed by atoms with E-state index in [0.717, 1.165) is 65.1 Å². The molecule has 0 bridgehead atoms. The molecule has 5 aliphatic rings. The van der Waals surface area contributed by atoms with Gasteiger partial charge in [-0.2, -0.15) is 0 Å². The number of nitrogens with one attached hydrogen (secondary N) is 2. The minimum Gasteiger partial charge on any atom is -0.507 e. The Morgan fingerprint density at radius 2 is 1.02 bits per heavy atom. The van der Waals surface area contributed by atoms with Crippen LogP contribution in [0, 0.1) is 0 Å². The summed E-state index contributed by atoms with van der Waals surface area (Å²) in [7, 11) is 0. The number of carbonyl (C=O) groups excluding carboxylic acids is 2. The van der Waals surface area contributed by atoms with E-state index in [-0.39, 0.29) is 45.2 Å². The van der Waals surface area contributed by atoms with Crippen LogP contribution in [0.15, 0.2) is 24.3 Å². The van der Waals surface area contributed by atoms with Crippen molar-refractivity contribution in [3.8, 4) is 11.5 Å². The Labute approximate surface area is 258 Å². The van der Waals surface area contributed by atoms with Crippen LogP contribution >= 0.6 is 0 Å². The molecule has 0 aromatic heterocycles. The smallest absolute Gasteiger partial charge is 0.200 e. The monoisotopic (exact) mass is 604 g/mol. The minimum atomic E-state index is -0.475. The lowest BCUT2D eigenvalue weighted by Crippen LogP contribution is -2.48. The number of benzene rings is 2. The first kappa shape index (κ1) is 29.5. The van der Waals surface area contributed by atoms with Crippen LogP contribution < -0.4 is 10.6 Å². The largest absolute Gasteiger partial charge is 0.507 e. The van der Waals surface area contributed by atoms with Crippen molar-refractivity contribution in [3.05, 3.63) is 46.5 Å². The molecule has 2 saturated heterocycles. The number of rotatable bonds is 8. The molecule has 0 atom stereocenters. The molecule has 2 aromatic rings. The third-order valence-corrected chi connectivity index (χ3v) is 10.6. The number of hydrogen-bond donors (Lipinski definition) is 4. The summed E-state index contributed by atoms with van der Waals surface area (Å²) in [6.45, 7) is 5.86. The number of phenols is 2. The van der Waals surface area contributed by atoms with E-state index < -0.39 is 11.6 Å². The second kappa shape index (κ2) is 12.0. The van der Waals surface area contributed by atoms with E-state index in [1.54, 1.807) is 0 Å². The molecule has 7 rings (SSSR count). The number of aromatic hydroxyl groups is 2. The molecular formula is C34H44N4O6. The van der Waals surface area contributed by atoms with E-state index in [4.69, 9.17) is 9.47 Å². The molecule has 2 aromatic carbocycles. The van der Waals surface area contributed by atoms with Crippen LogP contribution in [-0.4, -0.2) is 95.5 Å². The standard InChI is InChI=1S/C34H44N4O6/c39-25-9-10-26(40)30-29(25)31(41)27-23(35-15-17-37-19-21-43-33(37)11-3-1-4-12-33)7-8-24(28(27)32(30)42)36-16-18-38-20-22-44-34(38)13-5-2-6-14-34/h7-10,35-36,39-40H,1-6,11-22H2. The number of carbonyl (C=O) groups is 2. The Morgan fingerprint density at radius 3 is 1.43 bits per heavy atom. The van der Waals surface area contributed by atoms with Crippen molar-refractivity contribution in [2.24, 2.45) is 0 Å². The molecule has 236 valence electrons. The fourth-order valence-corrected chi connectivity index (χ4v) is 8.35. The molecule has 10 heteroatoms. The van der Waals surface area contributed by atoms with Crippen molar-refractivity contribution in [2.45, 2.75) is 75.7 Å². The fourth-order valence-electron chi connectivity index (χ4n) is 8.35. The summed E-state index contributed by atoms with van der Waals surface area (Å²) in [6, 6.07) is 6.21. The zero-order chi connectivity index (χ0) is 30.3. The molecule has 2 aliphatic heterocycles. The van der Waals surface area contributed by atoms with Crippen molar-refractivity contribution in [2.75, 3.05) is 63.1 Å². The third kappa shape index (κ3) is 5.05. The number of fused-ring (bicyclic) bond motifs is 2. The lowest BCUT2D eigenvalue weighted by atomic mass is 9.81. The van der Waals surface area contributed by atoms with Crippen molar-refractivity contribution >= 4 is 22.9 Å². The minimum absolute atomic E-state index is 0.148. The summed E-state index contributed by atoms with van der Waals surface area (Å²) < 4.78 is 12.5. The molecule has 2 saturated carbocycles. The highest BCUT2D eigenvalue weighted by Gasteiger charge is 2.44. The topological polar surface area (TPSA) is 124 Å². The van der Waals surface area contributed by atoms with Gasteiger partial charge in [0.15, 0.2) is 0 Å². The summed E-state index contributed by atoms with van der Waals surface area (Å²) in [5.74, 6) is -1.58. The van der Waals surface area contributed by atoms with Gasteiger partial charge in [-0.05, 0) is 75.6 Å². The van der Waals surface area contributed by atoms with Crippen molar-refractivity contribution in [3.63, 3.8) is 0 Å². The van der Waals surface area contributed by atoms with E-state index in [2.05, 4.69) is 20.4 Å². The molecule has 0 amide bonds. The van der Waals surface area contributed by atoms with E-state index in [9.17, 15) is 19.8 Å². The lowest BCUT2D eigenvalue weighted by molar-refractivity contribution is -0.105. The maximum Gasteiger partial charge on any atom is 0.200 e. The zero-order valence-corrected chi connectivity index (χ0v) is 25.5. The highest BCUT2D eigenvalue weighted by Crippen LogP contribution is 2.43. The number of ether oxygens (including phenoxy) is 2. The average molecular weight is 605 g/mol. The highest BCUT2D eigenvalue weighted by molar-refractivity contribution is 6.33. The number of hydrogen-bond acceptors (Lipinski definition) is 10.